The molecule has 0 saturated heterocycles. The average Bonchev–Trinajstić information content (AvgIpc) is 2.91. The van der Waals surface area contributed by atoms with Crippen molar-refractivity contribution in [1.82, 2.24) is 5.32 Å². The summed E-state index contributed by atoms with van der Waals surface area (Å²) in [4.78, 5) is 12.9. The molecule has 1 unspecified atom stereocenters. The van der Waals surface area contributed by atoms with Crippen LogP contribution in [0.3, 0.4) is 0 Å². The van der Waals surface area contributed by atoms with E-state index in [1.54, 1.807) is 0 Å². The predicted octanol–water partition coefficient (Wildman–Crippen LogP) is 2.27. The number of aryl methyl sites for hydroxylation is 1. The van der Waals surface area contributed by atoms with Crippen LogP contribution < -0.4 is 11.1 Å². The Bertz CT molecular complexity index is 622. The lowest BCUT2D eigenvalue weighted by Crippen LogP contribution is -2.37. The van der Waals surface area contributed by atoms with Crippen molar-refractivity contribution in [2.24, 2.45) is 10.9 Å². The summed E-state index contributed by atoms with van der Waals surface area (Å²) in [5.74, 6) is -0.295. The summed E-state index contributed by atoms with van der Waals surface area (Å²) in [5.41, 5.74) is 7.33. The highest BCUT2D eigenvalue weighted by molar-refractivity contribution is 7.12. The van der Waals surface area contributed by atoms with Crippen molar-refractivity contribution in [2.75, 3.05) is 0 Å². The van der Waals surface area contributed by atoms with E-state index in [0.29, 0.717) is 4.88 Å². The van der Waals surface area contributed by atoms with Crippen LogP contribution in [0, 0.1) is 6.92 Å². The zero-order valence-corrected chi connectivity index (χ0v) is 11.7. The minimum Gasteiger partial charge on any atom is -0.409 e. The van der Waals surface area contributed by atoms with Crippen molar-refractivity contribution in [2.45, 2.75) is 13.0 Å². The zero-order valence-electron chi connectivity index (χ0n) is 10.9. The van der Waals surface area contributed by atoms with E-state index in [9.17, 15) is 4.79 Å². The standard InChI is InChI=1S/C14H15N3O2S/c1-9-7-8-20-12(9)14(18)16-11(13(15)17-19)10-5-3-2-4-6-10/h2-8,11,19H,1H3,(H2,15,17)(H,16,18). The van der Waals surface area contributed by atoms with Gasteiger partial charge in [0.25, 0.3) is 5.91 Å². The molecule has 0 aliphatic carbocycles. The van der Waals surface area contributed by atoms with Crippen LogP contribution in [0.25, 0.3) is 0 Å². The number of amides is 1. The number of rotatable bonds is 4. The first-order valence-electron chi connectivity index (χ1n) is 6.00. The Hall–Kier alpha value is -2.34. The molecule has 0 spiro atoms. The molecule has 0 bridgehead atoms. The fraction of sp³-hybridized carbons (Fsp3) is 0.143. The van der Waals surface area contributed by atoms with E-state index >= 15 is 0 Å². The Morgan fingerprint density at radius 3 is 2.60 bits per heavy atom. The summed E-state index contributed by atoms with van der Waals surface area (Å²) in [7, 11) is 0. The van der Waals surface area contributed by atoms with Crippen LogP contribution in [0.2, 0.25) is 0 Å². The molecule has 6 heteroatoms. The van der Waals surface area contributed by atoms with Crippen molar-refractivity contribution in [3.05, 3.63) is 57.8 Å². The number of nitrogens with two attached hydrogens (primary N) is 1. The van der Waals surface area contributed by atoms with Gasteiger partial charge in [0.15, 0.2) is 5.84 Å². The molecule has 5 nitrogen and oxygen atoms in total. The fourth-order valence-electron chi connectivity index (χ4n) is 1.83. The number of benzene rings is 1. The number of carbonyl (C=O) groups excluding carboxylic acids is 1. The summed E-state index contributed by atoms with van der Waals surface area (Å²) in [6.45, 7) is 1.87. The molecule has 2 aromatic rings. The molecule has 20 heavy (non-hydrogen) atoms. The van der Waals surface area contributed by atoms with Gasteiger partial charge in [-0.1, -0.05) is 35.5 Å². The maximum Gasteiger partial charge on any atom is 0.262 e. The molecular weight excluding hydrogens is 274 g/mol. The van der Waals surface area contributed by atoms with Crippen molar-refractivity contribution in [3.8, 4) is 0 Å². The Morgan fingerprint density at radius 2 is 2.05 bits per heavy atom. The molecule has 0 fully saturated rings. The van der Waals surface area contributed by atoms with Gasteiger partial charge in [-0.25, -0.2) is 0 Å². The molecule has 1 heterocycles. The van der Waals surface area contributed by atoms with Gasteiger partial charge in [0, 0.05) is 0 Å². The van der Waals surface area contributed by atoms with E-state index in [1.807, 2.05) is 48.7 Å². The van der Waals surface area contributed by atoms with Gasteiger partial charge in [0.1, 0.15) is 6.04 Å². The van der Waals surface area contributed by atoms with E-state index in [4.69, 9.17) is 10.9 Å². The van der Waals surface area contributed by atoms with Gasteiger partial charge < -0.3 is 16.3 Å². The summed E-state index contributed by atoms with van der Waals surface area (Å²) >= 11 is 1.36. The minimum atomic E-state index is -0.657. The second-order valence-corrected chi connectivity index (χ2v) is 5.19. The monoisotopic (exact) mass is 289 g/mol. The lowest BCUT2D eigenvalue weighted by Gasteiger charge is -2.17. The molecule has 104 valence electrons. The molecule has 0 saturated carbocycles. The minimum absolute atomic E-state index is 0.0567. The number of hydrogen-bond donors (Lipinski definition) is 3. The third-order valence-corrected chi connectivity index (χ3v) is 3.90. The van der Waals surface area contributed by atoms with Crippen LogP contribution in [0.1, 0.15) is 26.8 Å². The molecule has 1 aromatic heterocycles. The maximum absolute atomic E-state index is 12.2. The first kappa shape index (κ1) is 14.1. The number of nitrogens with zero attached hydrogens (tertiary/aromatic N) is 1. The van der Waals surface area contributed by atoms with E-state index in [2.05, 4.69) is 10.5 Å². The van der Waals surface area contributed by atoms with Gasteiger partial charge in [-0.2, -0.15) is 0 Å². The SMILES string of the molecule is Cc1ccsc1C(=O)NC(/C(N)=N/O)c1ccccc1. The summed E-state index contributed by atoms with van der Waals surface area (Å²) in [5, 5.41) is 16.5. The first-order valence-corrected chi connectivity index (χ1v) is 6.88. The van der Waals surface area contributed by atoms with Crippen LogP contribution in [0.15, 0.2) is 46.9 Å². The molecule has 1 aromatic carbocycles. The van der Waals surface area contributed by atoms with Crippen molar-refractivity contribution >= 4 is 23.1 Å². The van der Waals surface area contributed by atoms with Crippen molar-refractivity contribution in [3.63, 3.8) is 0 Å². The summed E-state index contributed by atoms with van der Waals surface area (Å²) < 4.78 is 0. The van der Waals surface area contributed by atoms with E-state index in [-0.39, 0.29) is 11.7 Å². The quantitative estimate of drug-likeness (QED) is 0.349. The molecule has 4 N–H and O–H groups in total. The van der Waals surface area contributed by atoms with Gasteiger partial charge in [-0.05, 0) is 29.5 Å². The predicted molar refractivity (Wildman–Crippen MR) is 79.1 cm³/mol. The van der Waals surface area contributed by atoms with E-state index < -0.39 is 6.04 Å². The van der Waals surface area contributed by atoms with Crippen molar-refractivity contribution < 1.29 is 10.0 Å². The van der Waals surface area contributed by atoms with Gasteiger partial charge in [-0.15, -0.1) is 11.3 Å². The van der Waals surface area contributed by atoms with Crippen molar-refractivity contribution in [1.29, 1.82) is 0 Å². The fourth-order valence-corrected chi connectivity index (χ4v) is 2.66. The second kappa shape index (κ2) is 6.21. The highest BCUT2D eigenvalue weighted by Crippen LogP contribution is 2.18. The number of oxime groups is 1. The number of carbonyl (C=O) groups is 1. The lowest BCUT2D eigenvalue weighted by atomic mass is 10.1. The van der Waals surface area contributed by atoms with Gasteiger partial charge in [-0.3, -0.25) is 4.79 Å². The smallest absolute Gasteiger partial charge is 0.262 e. The van der Waals surface area contributed by atoms with Gasteiger partial charge in [0.05, 0.1) is 4.88 Å². The number of amidine groups is 1. The average molecular weight is 289 g/mol. The summed E-state index contributed by atoms with van der Waals surface area (Å²) in [6, 6.07) is 10.4. The third kappa shape index (κ3) is 2.97. The van der Waals surface area contributed by atoms with Crippen LogP contribution in [0.5, 0.6) is 0 Å². The van der Waals surface area contributed by atoms with E-state index in [1.165, 1.54) is 11.3 Å². The second-order valence-electron chi connectivity index (χ2n) is 4.27. The Labute approximate surface area is 120 Å². The highest BCUT2D eigenvalue weighted by Gasteiger charge is 2.21. The Balaban J connectivity index is 2.26. The normalized spacial score (nSPS) is 12.9. The van der Waals surface area contributed by atoms with E-state index in [0.717, 1.165) is 11.1 Å². The van der Waals surface area contributed by atoms with Gasteiger partial charge >= 0.3 is 0 Å². The molecular formula is C14H15N3O2S. The van der Waals surface area contributed by atoms with Crippen LogP contribution in [-0.4, -0.2) is 17.0 Å². The van der Waals surface area contributed by atoms with Crippen LogP contribution >= 0.6 is 11.3 Å². The molecule has 1 atom stereocenters. The molecule has 1 amide bonds. The Morgan fingerprint density at radius 1 is 1.35 bits per heavy atom. The van der Waals surface area contributed by atoms with Gasteiger partial charge in [0.2, 0.25) is 0 Å². The number of nitrogens with one attached hydrogen (secondary N) is 1. The number of thiophene rings is 1. The lowest BCUT2D eigenvalue weighted by molar-refractivity contribution is 0.0949. The maximum atomic E-state index is 12.2. The van der Waals surface area contributed by atoms with Crippen LogP contribution in [0.4, 0.5) is 0 Å². The topological polar surface area (TPSA) is 87.7 Å². The molecule has 0 aliphatic heterocycles. The largest absolute Gasteiger partial charge is 0.409 e. The highest BCUT2D eigenvalue weighted by atomic mass is 32.1. The molecule has 0 radical (unpaired) electrons. The third-order valence-electron chi connectivity index (χ3n) is 2.89. The first-order chi connectivity index (χ1) is 9.63. The van der Waals surface area contributed by atoms with Crippen LogP contribution in [-0.2, 0) is 0 Å². The zero-order chi connectivity index (χ0) is 14.5. The Kier molecular flexibility index (Phi) is 4.37. The molecule has 2 rings (SSSR count). The molecule has 0 aliphatic rings. The summed E-state index contributed by atoms with van der Waals surface area (Å²) in [6.07, 6.45) is 0. The number of hydrogen-bond acceptors (Lipinski definition) is 4.